The van der Waals surface area contributed by atoms with Gasteiger partial charge in [0.25, 0.3) is 0 Å². The summed E-state index contributed by atoms with van der Waals surface area (Å²) in [5.41, 5.74) is -5.34. The van der Waals surface area contributed by atoms with Crippen molar-refractivity contribution >= 4 is 48.6 Å². The highest BCUT2D eigenvalue weighted by Crippen LogP contribution is 2.31. The molecule has 1 aromatic carbocycles. The van der Waals surface area contributed by atoms with E-state index in [1.54, 1.807) is 12.1 Å². The van der Waals surface area contributed by atoms with Gasteiger partial charge in [0, 0.05) is 15.9 Å². The Labute approximate surface area is 124 Å². The second-order valence-corrected chi connectivity index (χ2v) is 6.45. The van der Waals surface area contributed by atoms with Crippen LogP contribution in [0.4, 0.5) is 13.2 Å². The van der Waals surface area contributed by atoms with Crippen molar-refractivity contribution < 1.29 is 25.8 Å². The molecule has 108 valence electrons. The molecule has 0 N–H and O–H groups in total. The van der Waals surface area contributed by atoms with Crippen molar-refractivity contribution in [3.63, 3.8) is 0 Å². The number of alkyl halides is 3. The molecule has 4 nitrogen and oxygen atoms in total. The Bertz CT molecular complexity index is 779. The molecule has 0 aliphatic carbocycles. The van der Waals surface area contributed by atoms with Crippen LogP contribution in [0.25, 0.3) is 10.9 Å². The Hall–Kier alpha value is -1.06. The number of halogens is 5. The molecule has 2 rings (SSSR count). The van der Waals surface area contributed by atoms with Gasteiger partial charge in [0.1, 0.15) is 0 Å². The molecule has 0 amide bonds. The molecule has 0 saturated heterocycles. The number of benzene rings is 1. The van der Waals surface area contributed by atoms with E-state index in [0.29, 0.717) is 9.86 Å². The SMILES string of the molecule is O=S(=O)(Oc1cc(Cl)c2ccc(Br)cc2n1)C(F)(F)F. The quantitative estimate of drug-likeness (QED) is 0.577. The maximum absolute atomic E-state index is 12.2. The Kier molecular flexibility index (Phi) is 3.87. The molecule has 1 heterocycles. The predicted octanol–water partition coefficient (Wildman–Crippen LogP) is 3.88. The van der Waals surface area contributed by atoms with E-state index in [9.17, 15) is 21.6 Å². The fraction of sp³-hybridized carbons (Fsp3) is 0.100. The lowest BCUT2D eigenvalue weighted by Crippen LogP contribution is -2.28. The average molecular weight is 391 g/mol. The van der Waals surface area contributed by atoms with Crippen LogP contribution < -0.4 is 4.18 Å². The minimum Gasteiger partial charge on any atom is -0.355 e. The zero-order valence-corrected chi connectivity index (χ0v) is 12.4. The van der Waals surface area contributed by atoms with Crippen LogP contribution in [0.2, 0.25) is 5.02 Å². The van der Waals surface area contributed by atoms with E-state index in [4.69, 9.17) is 11.6 Å². The van der Waals surface area contributed by atoms with Gasteiger partial charge in [-0.1, -0.05) is 33.6 Å². The molecule has 0 aliphatic rings. The van der Waals surface area contributed by atoms with Crippen molar-refractivity contribution in [1.29, 1.82) is 0 Å². The summed E-state index contributed by atoms with van der Waals surface area (Å²) < 4.78 is 63.0. The zero-order valence-electron chi connectivity index (χ0n) is 9.28. The minimum absolute atomic E-state index is 0.0230. The molecule has 1 aromatic heterocycles. The second-order valence-electron chi connectivity index (χ2n) is 3.59. The highest BCUT2D eigenvalue weighted by Gasteiger charge is 2.48. The molecule has 0 spiro atoms. The highest BCUT2D eigenvalue weighted by molar-refractivity contribution is 9.10. The maximum atomic E-state index is 12.2. The van der Waals surface area contributed by atoms with Gasteiger partial charge in [-0.25, -0.2) is 4.98 Å². The lowest BCUT2D eigenvalue weighted by Gasteiger charge is -2.10. The average Bonchev–Trinajstić information content (AvgIpc) is 2.25. The van der Waals surface area contributed by atoms with Crippen molar-refractivity contribution in [1.82, 2.24) is 4.98 Å². The molecule has 20 heavy (non-hydrogen) atoms. The number of fused-ring (bicyclic) bond motifs is 1. The Balaban J connectivity index is 2.52. The van der Waals surface area contributed by atoms with Crippen LogP contribution in [0.15, 0.2) is 28.7 Å². The van der Waals surface area contributed by atoms with Crippen LogP contribution in [-0.2, 0) is 10.1 Å². The van der Waals surface area contributed by atoms with E-state index in [1.165, 1.54) is 6.07 Å². The summed E-state index contributed by atoms with van der Waals surface area (Å²) in [7, 11) is -5.78. The van der Waals surface area contributed by atoms with Crippen molar-refractivity contribution in [2.75, 3.05) is 0 Å². The molecular weight excluding hydrogens is 387 g/mol. The third-order valence-corrected chi connectivity index (χ3v) is 3.94. The Morgan fingerprint density at radius 3 is 2.50 bits per heavy atom. The van der Waals surface area contributed by atoms with E-state index < -0.39 is 21.5 Å². The van der Waals surface area contributed by atoms with Crippen LogP contribution in [0, 0.1) is 0 Å². The first-order valence-electron chi connectivity index (χ1n) is 4.87. The number of aromatic nitrogens is 1. The van der Waals surface area contributed by atoms with Crippen molar-refractivity contribution in [3.05, 3.63) is 33.8 Å². The molecule has 0 fully saturated rings. The van der Waals surface area contributed by atoms with Crippen LogP contribution in [0.3, 0.4) is 0 Å². The molecule has 0 unspecified atom stereocenters. The third kappa shape index (κ3) is 2.99. The number of hydrogen-bond acceptors (Lipinski definition) is 4. The van der Waals surface area contributed by atoms with E-state index >= 15 is 0 Å². The lowest BCUT2D eigenvalue weighted by molar-refractivity contribution is -0.0501. The van der Waals surface area contributed by atoms with Gasteiger partial charge < -0.3 is 4.18 Å². The van der Waals surface area contributed by atoms with Crippen molar-refractivity contribution in [2.24, 2.45) is 0 Å². The summed E-state index contributed by atoms with van der Waals surface area (Å²) in [4.78, 5) is 3.68. The Morgan fingerprint density at radius 2 is 1.90 bits per heavy atom. The summed E-state index contributed by atoms with van der Waals surface area (Å²) in [6.07, 6.45) is 0. The van der Waals surface area contributed by atoms with Crippen LogP contribution in [0.5, 0.6) is 5.88 Å². The molecule has 0 aliphatic heterocycles. The van der Waals surface area contributed by atoms with Gasteiger partial charge in [-0.15, -0.1) is 0 Å². The molecule has 2 aromatic rings. The zero-order chi connectivity index (χ0) is 15.1. The number of hydrogen-bond donors (Lipinski definition) is 0. The topological polar surface area (TPSA) is 56.3 Å². The summed E-state index contributed by atoms with van der Waals surface area (Å²) in [6, 6.07) is 5.61. The summed E-state index contributed by atoms with van der Waals surface area (Å²) >= 11 is 9.00. The first-order valence-corrected chi connectivity index (χ1v) is 7.44. The van der Waals surface area contributed by atoms with Gasteiger partial charge in [-0.3, -0.25) is 0 Å². The Morgan fingerprint density at radius 1 is 1.25 bits per heavy atom. The number of nitrogens with zero attached hydrogens (tertiary/aromatic N) is 1. The molecule has 0 saturated carbocycles. The highest BCUT2D eigenvalue weighted by atomic mass is 79.9. The first-order chi connectivity index (χ1) is 9.10. The van der Waals surface area contributed by atoms with Gasteiger partial charge in [0.05, 0.1) is 10.5 Å². The fourth-order valence-electron chi connectivity index (χ4n) is 1.34. The van der Waals surface area contributed by atoms with Gasteiger partial charge in [0.2, 0.25) is 5.88 Å². The van der Waals surface area contributed by atoms with Gasteiger partial charge in [-0.05, 0) is 12.1 Å². The maximum Gasteiger partial charge on any atom is 0.534 e. The summed E-state index contributed by atoms with van der Waals surface area (Å²) in [5.74, 6) is -0.752. The van der Waals surface area contributed by atoms with Crippen molar-refractivity contribution in [3.8, 4) is 5.88 Å². The second kappa shape index (κ2) is 5.05. The monoisotopic (exact) mass is 389 g/mol. The summed E-state index contributed by atoms with van der Waals surface area (Å²) in [5, 5.41) is 0.474. The normalized spacial score (nSPS) is 12.7. The standard InChI is InChI=1S/C10H4BrClF3NO3S/c11-5-1-2-6-7(12)4-9(16-8(6)3-5)19-20(17,18)10(13,14)15/h1-4H. The van der Waals surface area contributed by atoms with E-state index in [-0.39, 0.29) is 10.5 Å². The molecule has 10 heteroatoms. The lowest BCUT2D eigenvalue weighted by atomic mass is 10.2. The number of rotatable bonds is 2. The van der Waals surface area contributed by atoms with E-state index in [0.717, 1.165) is 6.07 Å². The van der Waals surface area contributed by atoms with Crippen LogP contribution >= 0.6 is 27.5 Å². The molecule has 0 radical (unpaired) electrons. The smallest absolute Gasteiger partial charge is 0.355 e. The fourth-order valence-corrected chi connectivity index (χ4v) is 2.35. The van der Waals surface area contributed by atoms with Crippen molar-refractivity contribution in [2.45, 2.75) is 5.51 Å². The van der Waals surface area contributed by atoms with Gasteiger partial charge in [0.15, 0.2) is 0 Å². The largest absolute Gasteiger partial charge is 0.534 e. The van der Waals surface area contributed by atoms with E-state index in [1.807, 2.05) is 0 Å². The van der Waals surface area contributed by atoms with Crippen LogP contribution in [0.1, 0.15) is 0 Å². The molecule has 0 bridgehead atoms. The van der Waals surface area contributed by atoms with Crippen LogP contribution in [-0.4, -0.2) is 18.9 Å². The number of pyridine rings is 1. The summed E-state index contributed by atoms with van der Waals surface area (Å²) in [6.45, 7) is 0. The predicted molar refractivity (Wildman–Crippen MR) is 70.1 cm³/mol. The molecule has 0 atom stereocenters. The molecular formula is C10H4BrClF3NO3S. The first kappa shape index (κ1) is 15.3. The van der Waals surface area contributed by atoms with Gasteiger partial charge >= 0.3 is 15.6 Å². The third-order valence-electron chi connectivity index (χ3n) is 2.18. The minimum atomic E-state index is -5.78. The van der Waals surface area contributed by atoms with Gasteiger partial charge in [-0.2, -0.15) is 21.6 Å². The van der Waals surface area contributed by atoms with E-state index in [2.05, 4.69) is 25.1 Å².